The second-order valence-corrected chi connectivity index (χ2v) is 10.8. The van der Waals surface area contributed by atoms with Crippen molar-refractivity contribution >= 4 is 21.8 Å². The van der Waals surface area contributed by atoms with Gasteiger partial charge in [0.05, 0.1) is 5.75 Å². The predicted octanol–water partition coefficient (Wildman–Crippen LogP) is 4.86. The third-order valence-corrected chi connectivity index (χ3v) is 6.35. The van der Waals surface area contributed by atoms with E-state index in [0.29, 0.717) is 18.2 Å². The molecule has 2 N–H and O–H groups in total. The van der Waals surface area contributed by atoms with E-state index in [-0.39, 0.29) is 5.75 Å². The number of carbonyl (C=O) groups excluding carboxylic acids is 1. The molecule has 1 amide bonds. The molecule has 1 fully saturated rings. The SMILES string of the molecule is CC(C)(C)OC(=O)NCCCc1cccc(NS(=O)(=O)CCC2CCCCC2)c1. The van der Waals surface area contributed by atoms with E-state index in [1.54, 1.807) is 6.07 Å². The number of sulfonamides is 1. The summed E-state index contributed by atoms with van der Waals surface area (Å²) in [6, 6.07) is 7.47. The van der Waals surface area contributed by atoms with Gasteiger partial charge in [-0.05, 0) is 63.6 Å². The zero-order chi connectivity index (χ0) is 21.3. The van der Waals surface area contributed by atoms with Crippen molar-refractivity contribution in [3.8, 4) is 0 Å². The van der Waals surface area contributed by atoms with Gasteiger partial charge in [-0.15, -0.1) is 0 Å². The molecule has 0 radical (unpaired) electrons. The molecule has 1 aliphatic carbocycles. The highest BCUT2D eigenvalue weighted by atomic mass is 32.2. The number of carbonyl (C=O) groups is 1. The van der Waals surface area contributed by atoms with Gasteiger partial charge in [0.1, 0.15) is 5.60 Å². The Hall–Kier alpha value is -1.76. The Balaban J connectivity index is 1.75. The molecule has 0 unspecified atom stereocenters. The summed E-state index contributed by atoms with van der Waals surface area (Å²) in [5.41, 5.74) is 1.13. The van der Waals surface area contributed by atoms with E-state index in [0.717, 1.165) is 37.7 Å². The number of aryl methyl sites for hydroxylation is 1. The molecule has 0 spiro atoms. The Bertz CT molecular complexity index is 750. The van der Waals surface area contributed by atoms with Crippen molar-refractivity contribution in [2.45, 2.75) is 77.7 Å². The Labute approximate surface area is 175 Å². The van der Waals surface area contributed by atoms with Gasteiger partial charge < -0.3 is 10.1 Å². The molecule has 0 atom stereocenters. The Morgan fingerprint density at radius 2 is 1.90 bits per heavy atom. The molecule has 0 saturated heterocycles. The van der Waals surface area contributed by atoms with Gasteiger partial charge in [0.25, 0.3) is 0 Å². The van der Waals surface area contributed by atoms with Crippen LogP contribution < -0.4 is 10.0 Å². The number of hydrogen-bond acceptors (Lipinski definition) is 4. The Morgan fingerprint density at radius 3 is 2.59 bits per heavy atom. The fourth-order valence-electron chi connectivity index (χ4n) is 3.62. The van der Waals surface area contributed by atoms with E-state index in [1.807, 2.05) is 39.0 Å². The van der Waals surface area contributed by atoms with E-state index < -0.39 is 21.7 Å². The second kappa shape index (κ2) is 10.9. The average Bonchev–Trinajstić information content (AvgIpc) is 2.63. The molecule has 2 rings (SSSR count). The summed E-state index contributed by atoms with van der Waals surface area (Å²) in [5, 5.41) is 2.74. The van der Waals surface area contributed by atoms with Gasteiger partial charge in [-0.1, -0.05) is 44.2 Å². The van der Waals surface area contributed by atoms with Crippen molar-refractivity contribution in [2.75, 3.05) is 17.0 Å². The first-order chi connectivity index (χ1) is 13.6. The van der Waals surface area contributed by atoms with Gasteiger partial charge in [0.2, 0.25) is 10.0 Å². The monoisotopic (exact) mass is 424 g/mol. The molecule has 0 aliphatic heterocycles. The minimum Gasteiger partial charge on any atom is -0.444 e. The van der Waals surface area contributed by atoms with Gasteiger partial charge in [-0.25, -0.2) is 13.2 Å². The van der Waals surface area contributed by atoms with Crippen LogP contribution >= 0.6 is 0 Å². The lowest BCUT2D eigenvalue weighted by Crippen LogP contribution is -2.33. The number of anilines is 1. The lowest BCUT2D eigenvalue weighted by molar-refractivity contribution is 0.0527. The number of rotatable bonds is 9. The lowest BCUT2D eigenvalue weighted by Gasteiger charge is -2.21. The normalized spacial score (nSPS) is 15.7. The third-order valence-electron chi connectivity index (χ3n) is 5.03. The van der Waals surface area contributed by atoms with Crippen LogP contribution in [0.15, 0.2) is 24.3 Å². The number of benzene rings is 1. The van der Waals surface area contributed by atoms with Gasteiger partial charge in [0.15, 0.2) is 0 Å². The molecule has 1 aliphatic rings. The van der Waals surface area contributed by atoms with Crippen molar-refractivity contribution < 1.29 is 17.9 Å². The smallest absolute Gasteiger partial charge is 0.407 e. The third kappa shape index (κ3) is 10.0. The maximum Gasteiger partial charge on any atom is 0.407 e. The summed E-state index contributed by atoms with van der Waals surface area (Å²) < 4.78 is 32.8. The Morgan fingerprint density at radius 1 is 1.17 bits per heavy atom. The fourth-order valence-corrected chi connectivity index (χ4v) is 4.85. The van der Waals surface area contributed by atoms with Crippen LogP contribution in [0.25, 0.3) is 0 Å². The highest BCUT2D eigenvalue weighted by molar-refractivity contribution is 7.92. The molecular formula is C22H36N2O4S. The van der Waals surface area contributed by atoms with E-state index in [9.17, 15) is 13.2 Å². The molecule has 1 aromatic carbocycles. The van der Waals surface area contributed by atoms with Crippen LogP contribution in [0.5, 0.6) is 0 Å². The van der Waals surface area contributed by atoms with Crippen molar-refractivity contribution in [3.63, 3.8) is 0 Å². The molecule has 7 heteroatoms. The van der Waals surface area contributed by atoms with E-state index >= 15 is 0 Å². The van der Waals surface area contributed by atoms with Gasteiger partial charge in [-0.2, -0.15) is 0 Å². The zero-order valence-electron chi connectivity index (χ0n) is 18.0. The number of ether oxygens (including phenoxy) is 1. The highest BCUT2D eigenvalue weighted by Gasteiger charge is 2.18. The molecular weight excluding hydrogens is 388 g/mol. The lowest BCUT2D eigenvalue weighted by atomic mass is 9.88. The molecule has 164 valence electrons. The first kappa shape index (κ1) is 23.5. The van der Waals surface area contributed by atoms with Crippen LogP contribution in [0.3, 0.4) is 0 Å². The van der Waals surface area contributed by atoms with Crippen LogP contribution in [-0.2, 0) is 21.2 Å². The van der Waals surface area contributed by atoms with Crippen molar-refractivity contribution in [2.24, 2.45) is 5.92 Å². The number of nitrogens with one attached hydrogen (secondary N) is 2. The van der Waals surface area contributed by atoms with Gasteiger partial charge in [-0.3, -0.25) is 4.72 Å². The highest BCUT2D eigenvalue weighted by Crippen LogP contribution is 2.27. The molecule has 1 aromatic rings. The summed E-state index contributed by atoms with van der Waals surface area (Å²) in [6.45, 7) is 5.99. The molecule has 0 bridgehead atoms. The first-order valence-corrected chi connectivity index (χ1v) is 12.3. The average molecular weight is 425 g/mol. The fraction of sp³-hybridized carbons (Fsp3) is 0.682. The number of amides is 1. The quantitative estimate of drug-likeness (QED) is 0.555. The van der Waals surface area contributed by atoms with E-state index in [2.05, 4.69) is 10.0 Å². The summed E-state index contributed by atoms with van der Waals surface area (Å²) in [7, 11) is -3.33. The summed E-state index contributed by atoms with van der Waals surface area (Å²) in [4.78, 5) is 11.6. The number of hydrogen-bond donors (Lipinski definition) is 2. The zero-order valence-corrected chi connectivity index (χ0v) is 18.8. The minimum absolute atomic E-state index is 0.182. The second-order valence-electron chi connectivity index (χ2n) is 8.95. The van der Waals surface area contributed by atoms with Gasteiger partial charge >= 0.3 is 6.09 Å². The maximum atomic E-state index is 12.4. The molecule has 1 saturated carbocycles. The van der Waals surface area contributed by atoms with Crippen LogP contribution in [0.4, 0.5) is 10.5 Å². The number of alkyl carbamates (subject to hydrolysis) is 1. The minimum atomic E-state index is -3.33. The van der Waals surface area contributed by atoms with Crippen LogP contribution in [-0.4, -0.2) is 32.4 Å². The first-order valence-electron chi connectivity index (χ1n) is 10.7. The van der Waals surface area contributed by atoms with Gasteiger partial charge in [0, 0.05) is 12.2 Å². The van der Waals surface area contributed by atoms with Crippen molar-refractivity contribution in [3.05, 3.63) is 29.8 Å². The van der Waals surface area contributed by atoms with Crippen molar-refractivity contribution in [1.82, 2.24) is 5.32 Å². The van der Waals surface area contributed by atoms with Crippen LogP contribution in [0.1, 0.15) is 71.3 Å². The van der Waals surface area contributed by atoms with Crippen LogP contribution in [0.2, 0.25) is 0 Å². The molecule has 0 heterocycles. The molecule has 29 heavy (non-hydrogen) atoms. The Kier molecular flexibility index (Phi) is 8.80. The molecule has 6 nitrogen and oxygen atoms in total. The largest absolute Gasteiger partial charge is 0.444 e. The summed E-state index contributed by atoms with van der Waals surface area (Å²) in [5.74, 6) is 0.728. The van der Waals surface area contributed by atoms with E-state index in [4.69, 9.17) is 4.74 Å². The standard InChI is InChI=1S/C22H36N2O4S/c1-22(2,3)28-21(25)23-15-8-12-19-11-7-13-20(17-19)24-29(26,27)16-14-18-9-5-4-6-10-18/h7,11,13,17-18,24H,4-6,8-10,12,14-16H2,1-3H3,(H,23,25). The maximum absolute atomic E-state index is 12.4. The summed E-state index contributed by atoms with van der Waals surface area (Å²) in [6.07, 6.45) is 7.85. The van der Waals surface area contributed by atoms with Crippen molar-refractivity contribution in [1.29, 1.82) is 0 Å². The van der Waals surface area contributed by atoms with E-state index in [1.165, 1.54) is 19.3 Å². The predicted molar refractivity (Wildman–Crippen MR) is 118 cm³/mol. The topological polar surface area (TPSA) is 84.5 Å². The molecule has 0 aromatic heterocycles. The van der Waals surface area contributed by atoms with Crippen LogP contribution in [0, 0.1) is 5.92 Å². The summed E-state index contributed by atoms with van der Waals surface area (Å²) >= 11 is 0.